The fraction of sp³-hybridized carbons (Fsp3) is 0.350. The van der Waals surface area contributed by atoms with Crippen LogP contribution in [-0.2, 0) is 27.3 Å². The number of carbonyl (C=O) groups is 3. The molecule has 142 valence electrons. The van der Waals surface area contributed by atoms with E-state index in [2.05, 4.69) is 5.32 Å². The second-order valence-electron chi connectivity index (χ2n) is 6.54. The van der Waals surface area contributed by atoms with Crippen molar-refractivity contribution in [2.75, 3.05) is 13.1 Å². The molecule has 1 aliphatic heterocycles. The Morgan fingerprint density at radius 2 is 1.93 bits per heavy atom. The van der Waals surface area contributed by atoms with Crippen molar-refractivity contribution in [1.29, 1.82) is 0 Å². The minimum absolute atomic E-state index is 0.00828. The number of rotatable bonds is 7. The van der Waals surface area contributed by atoms with E-state index in [0.29, 0.717) is 18.7 Å². The first-order valence-electron chi connectivity index (χ1n) is 8.92. The standard InChI is InChI=1S/C20H22N2O4S/c23-18(21-12-16(20(25)26)14-4-2-1-3-5-14)6-7-19(24)22-10-8-17-15(13-22)9-11-27-17/h1-5,9,11,16H,6-8,10,12-13H2,(H,21,23)(H,25,26). The lowest BCUT2D eigenvalue weighted by Crippen LogP contribution is -2.36. The number of nitrogens with zero attached hydrogens (tertiary/aromatic N) is 1. The monoisotopic (exact) mass is 386 g/mol. The lowest BCUT2D eigenvalue weighted by molar-refractivity contribution is -0.139. The van der Waals surface area contributed by atoms with Crippen molar-refractivity contribution in [2.45, 2.75) is 31.7 Å². The van der Waals surface area contributed by atoms with Crippen LogP contribution in [0.3, 0.4) is 0 Å². The highest BCUT2D eigenvalue weighted by molar-refractivity contribution is 7.10. The maximum absolute atomic E-state index is 12.4. The molecule has 0 spiro atoms. The van der Waals surface area contributed by atoms with E-state index in [1.165, 1.54) is 10.4 Å². The van der Waals surface area contributed by atoms with E-state index in [-0.39, 0.29) is 31.2 Å². The molecule has 1 aromatic heterocycles. The van der Waals surface area contributed by atoms with E-state index in [9.17, 15) is 19.5 Å². The van der Waals surface area contributed by atoms with Crippen LogP contribution in [0.4, 0.5) is 0 Å². The Morgan fingerprint density at radius 3 is 2.67 bits per heavy atom. The summed E-state index contributed by atoms with van der Waals surface area (Å²) >= 11 is 1.72. The molecule has 2 aromatic rings. The summed E-state index contributed by atoms with van der Waals surface area (Å²) in [5.74, 6) is -2.14. The van der Waals surface area contributed by atoms with Gasteiger partial charge in [0.2, 0.25) is 11.8 Å². The van der Waals surface area contributed by atoms with Crippen LogP contribution in [0, 0.1) is 0 Å². The summed E-state index contributed by atoms with van der Waals surface area (Å²) in [5, 5.41) is 14.1. The second-order valence-corrected chi connectivity index (χ2v) is 7.54. The molecule has 1 aliphatic rings. The van der Waals surface area contributed by atoms with E-state index in [1.54, 1.807) is 40.5 Å². The molecule has 0 bridgehead atoms. The SMILES string of the molecule is O=C(CCC(=O)N1CCc2sccc2C1)NCC(C(=O)O)c1ccccc1. The quantitative estimate of drug-likeness (QED) is 0.765. The number of hydrogen-bond donors (Lipinski definition) is 2. The van der Waals surface area contributed by atoms with Crippen LogP contribution in [0.15, 0.2) is 41.8 Å². The molecule has 1 atom stereocenters. The third kappa shape index (κ3) is 4.95. The highest BCUT2D eigenvalue weighted by atomic mass is 32.1. The van der Waals surface area contributed by atoms with Gasteiger partial charge in [-0.05, 0) is 29.0 Å². The number of carboxylic acids is 1. The summed E-state index contributed by atoms with van der Waals surface area (Å²) in [6, 6.07) is 10.8. The molecule has 6 nitrogen and oxygen atoms in total. The molecule has 2 amide bonds. The fourth-order valence-electron chi connectivity index (χ4n) is 3.18. The van der Waals surface area contributed by atoms with Crippen LogP contribution in [0.2, 0.25) is 0 Å². The fourth-order valence-corrected chi connectivity index (χ4v) is 4.07. The van der Waals surface area contributed by atoms with Crippen LogP contribution in [0.25, 0.3) is 0 Å². The van der Waals surface area contributed by atoms with E-state index < -0.39 is 11.9 Å². The van der Waals surface area contributed by atoms with Gasteiger partial charge in [-0.25, -0.2) is 0 Å². The topological polar surface area (TPSA) is 86.7 Å². The van der Waals surface area contributed by atoms with E-state index in [1.807, 2.05) is 17.5 Å². The number of carbonyl (C=O) groups excluding carboxylic acids is 2. The number of thiophene rings is 1. The summed E-state index contributed by atoms with van der Waals surface area (Å²) in [4.78, 5) is 39.0. The van der Waals surface area contributed by atoms with Gasteiger partial charge in [-0.15, -0.1) is 11.3 Å². The van der Waals surface area contributed by atoms with Crippen LogP contribution in [0.5, 0.6) is 0 Å². The van der Waals surface area contributed by atoms with Gasteiger partial charge in [0.1, 0.15) is 0 Å². The Balaban J connectivity index is 1.45. The average Bonchev–Trinajstić information content (AvgIpc) is 3.14. The Hall–Kier alpha value is -2.67. The largest absolute Gasteiger partial charge is 0.481 e. The van der Waals surface area contributed by atoms with Crippen molar-refractivity contribution in [3.8, 4) is 0 Å². The zero-order valence-corrected chi connectivity index (χ0v) is 15.7. The Kier molecular flexibility index (Phi) is 6.24. The molecule has 1 unspecified atom stereocenters. The second kappa shape index (κ2) is 8.81. The molecular formula is C20H22N2O4S. The summed E-state index contributed by atoms with van der Waals surface area (Å²) < 4.78 is 0. The third-order valence-electron chi connectivity index (χ3n) is 4.73. The van der Waals surface area contributed by atoms with Gasteiger partial charge in [0.05, 0.1) is 5.92 Å². The lowest BCUT2D eigenvalue weighted by Gasteiger charge is -2.27. The van der Waals surface area contributed by atoms with Crippen LogP contribution >= 0.6 is 11.3 Å². The molecule has 0 aliphatic carbocycles. The minimum atomic E-state index is -0.988. The predicted molar refractivity (Wildman–Crippen MR) is 103 cm³/mol. The van der Waals surface area contributed by atoms with Crippen LogP contribution in [-0.4, -0.2) is 40.9 Å². The Bertz CT molecular complexity index is 818. The molecule has 27 heavy (non-hydrogen) atoms. The summed E-state index contributed by atoms with van der Waals surface area (Å²) in [6.07, 6.45) is 1.06. The van der Waals surface area contributed by atoms with Gasteiger partial charge >= 0.3 is 5.97 Å². The number of amides is 2. The van der Waals surface area contributed by atoms with Crippen molar-refractivity contribution < 1.29 is 19.5 Å². The van der Waals surface area contributed by atoms with Gasteiger partial charge in [0.25, 0.3) is 0 Å². The molecule has 7 heteroatoms. The van der Waals surface area contributed by atoms with Crippen molar-refractivity contribution in [3.63, 3.8) is 0 Å². The first-order valence-corrected chi connectivity index (χ1v) is 9.80. The summed E-state index contributed by atoms with van der Waals surface area (Å²) in [7, 11) is 0. The number of aliphatic carboxylic acids is 1. The van der Waals surface area contributed by atoms with Crippen molar-refractivity contribution in [2.24, 2.45) is 0 Å². The third-order valence-corrected chi connectivity index (χ3v) is 5.75. The maximum Gasteiger partial charge on any atom is 0.312 e. The average molecular weight is 386 g/mol. The highest BCUT2D eigenvalue weighted by Crippen LogP contribution is 2.24. The normalized spacial score (nSPS) is 14.3. The number of benzene rings is 1. The van der Waals surface area contributed by atoms with Gasteiger partial charge in [-0.2, -0.15) is 0 Å². The van der Waals surface area contributed by atoms with Crippen molar-refractivity contribution >= 4 is 29.1 Å². The maximum atomic E-state index is 12.4. The van der Waals surface area contributed by atoms with E-state index in [0.717, 1.165) is 6.42 Å². The van der Waals surface area contributed by atoms with Crippen molar-refractivity contribution in [1.82, 2.24) is 10.2 Å². The van der Waals surface area contributed by atoms with Gasteiger partial charge in [-0.3, -0.25) is 14.4 Å². The molecular weight excluding hydrogens is 364 g/mol. The molecule has 0 saturated carbocycles. The Labute approximate surface area is 161 Å². The zero-order chi connectivity index (χ0) is 19.2. The van der Waals surface area contributed by atoms with Crippen LogP contribution < -0.4 is 5.32 Å². The van der Waals surface area contributed by atoms with Gasteiger partial charge in [0, 0.05) is 37.4 Å². The summed E-state index contributed by atoms with van der Waals surface area (Å²) in [5.41, 5.74) is 1.83. The first kappa shape index (κ1) is 19.1. The number of fused-ring (bicyclic) bond motifs is 1. The highest BCUT2D eigenvalue weighted by Gasteiger charge is 2.23. The molecule has 0 saturated heterocycles. The molecule has 0 radical (unpaired) electrons. The molecule has 0 fully saturated rings. The molecule has 2 heterocycles. The first-order chi connectivity index (χ1) is 13.0. The number of hydrogen-bond acceptors (Lipinski definition) is 4. The van der Waals surface area contributed by atoms with Gasteiger partial charge in [-0.1, -0.05) is 30.3 Å². The van der Waals surface area contributed by atoms with Crippen molar-refractivity contribution in [3.05, 3.63) is 57.8 Å². The molecule has 3 rings (SSSR count). The van der Waals surface area contributed by atoms with Gasteiger partial charge in [0.15, 0.2) is 0 Å². The Morgan fingerprint density at radius 1 is 1.15 bits per heavy atom. The smallest absolute Gasteiger partial charge is 0.312 e. The summed E-state index contributed by atoms with van der Waals surface area (Å²) in [6.45, 7) is 1.30. The minimum Gasteiger partial charge on any atom is -0.481 e. The zero-order valence-electron chi connectivity index (χ0n) is 14.9. The van der Waals surface area contributed by atoms with Gasteiger partial charge < -0.3 is 15.3 Å². The van der Waals surface area contributed by atoms with E-state index in [4.69, 9.17) is 0 Å². The molecule has 1 aromatic carbocycles. The number of nitrogens with one attached hydrogen (secondary N) is 1. The lowest BCUT2D eigenvalue weighted by atomic mass is 9.99. The number of carboxylic acid groups (broad SMARTS) is 1. The molecule has 2 N–H and O–H groups in total. The predicted octanol–water partition coefficient (Wildman–Crippen LogP) is 2.40. The van der Waals surface area contributed by atoms with E-state index >= 15 is 0 Å². The van der Waals surface area contributed by atoms with Crippen LogP contribution in [0.1, 0.15) is 34.8 Å².